The predicted octanol–water partition coefficient (Wildman–Crippen LogP) is 0.423. The van der Waals surface area contributed by atoms with E-state index in [0.717, 1.165) is 25.9 Å². The molecule has 3 N–H and O–H groups in total. The van der Waals surface area contributed by atoms with Crippen LogP contribution in [0.2, 0.25) is 0 Å². The second-order valence-electron chi connectivity index (χ2n) is 5.38. The van der Waals surface area contributed by atoms with E-state index in [1.807, 2.05) is 0 Å². The molecule has 1 aliphatic heterocycles. The lowest BCUT2D eigenvalue weighted by molar-refractivity contribution is -0.0670. The minimum atomic E-state index is 0.0765. The fraction of sp³-hybridized carbons (Fsp3) is 1.00. The molecule has 0 amide bonds. The highest BCUT2D eigenvalue weighted by Gasteiger charge is 2.36. The summed E-state index contributed by atoms with van der Waals surface area (Å²) in [6, 6.07) is 0. The summed E-state index contributed by atoms with van der Waals surface area (Å²) in [6.07, 6.45) is 2.64. The van der Waals surface area contributed by atoms with Gasteiger partial charge in [0.15, 0.2) is 0 Å². The lowest BCUT2D eigenvalue weighted by Gasteiger charge is -2.43. The first-order valence-electron chi connectivity index (χ1n) is 6.23. The SMILES string of the molecule is CC1CC(CN)(NCCN(C)C)CC(C)O1. The van der Waals surface area contributed by atoms with Gasteiger partial charge in [0, 0.05) is 25.2 Å². The highest BCUT2D eigenvalue weighted by Crippen LogP contribution is 2.27. The zero-order valence-corrected chi connectivity index (χ0v) is 11.1. The van der Waals surface area contributed by atoms with Crippen LogP contribution in [0.5, 0.6) is 0 Å². The first-order valence-corrected chi connectivity index (χ1v) is 6.23. The van der Waals surface area contributed by atoms with Crippen LogP contribution in [0, 0.1) is 0 Å². The van der Waals surface area contributed by atoms with Crippen LogP contribution in [0.15, 0.2) is 0 Å². The van der Waals surface area contributed by atoms with Gasteiger partial charge in [-0.05, 0) is 40.8 Å². The average Bonchev–Trinajstić information content (AvgIpc) is 2.15. The molecule has 0 bridgehead atoms. The molecule has 0 aromatic heterocycles. The second-order valence-corrected chi connectivity index (χ2v) is 5.38. The van der Waals surface area contributed by atoms with Gasteiger partial charge in [-0.1, -0.05) is 0 Å². The van der Waals surface area contributed by atoms with Crippen molar-refractivity contribution in [1.82, 2.24) is 10.2 Å². The summed E-state index contributed by atoms with van der Waals surface area (Å²) in [4.78, 5) is 2.18. The fourth-order valence-electron chi connectivity index (χ4n) is 2.60. The Balaban J connectivity index is 2.48. The van der Waals surface area contributed by atoms with Crippen molar-refractivity contribution in [2.75, 3.05) is 33.7 Å². The molecule has 1 saturated heterocycles. The molecule has 0 saturated carbocycles. The Hall–Kier alpha value is -0.160. The molecule has 1 aliphatic rings. The molecule has 0 aliphatic carbocycles. The number of rotatable bonds is 5. The highest BCUT2D eigenvalue weighted by atomic mass is 16.5. The molecule has 0 aromatic rings. The van der Waals surface area contributed by atoms with Gasteiger partial charge >= 0.3 is 0 Å². The van der Waals surface area contributed by atoms with Gasteiger partial charge in [-0.25, -0.2) is 0 Å². The Bertz CT molecular complexity index is 198. The van der Waals surface area contributed by atoms with Gasteiger partial charge in [-0.3, -0.25) is 0 Å². The normalized spacial score (nSPS) is 35.6. The lowest BCUT2D eigenvalue weighted by Crippen LogP contribution is -2.58. The predicted molar refractivity (Wildman–Crippen MR) is 67.6 cm³/mol. The molecular formula is C12H27N3O. The molecule has 1 fully saturated rings. The van der Waals surface area contributed by atoms with Gasteiger partial charge in [-0.15, -0.1) is 0 Å². The van der Waals surface area contributed by atoms with Crippen LogP contribution in [-0.4, -0.2) is 56.4 Å². The standard InChI is InChI=1S/C12H27N3O/c1-10-7-12(9-13,8-11(2)16-10)14-5-6-15(3)4/h10-11,14H,5-9,13H2,1-4H3. The monoisotopic (exact) mass is 229 g/mol. The van der Waals surface area contributed by atoms with Crippen LogP contribution < -0.4 is 11.1 Å². The zero-order valence-electron chi connectivity index (χ0n) is 11.1. The van der Waals surface area contributed by atoms with Gasteiger partial charge in [0.25, 0.3) is 0 Å². The number of nitrogens with two attached hydrogens (primary N) is 1. The van der Waals surface area contributed by atoms with E-state index in [2.05, 4.69) is 38.2 Å². The van der Waals surface area contributed by atoms with Crippen molar-refractivity contribution in [3.8, 4) is 0 Å². The maximum atomic E-state index is 5.95. The Morgan fingerprint density at radius 3 is 2.31 bits per heavy atom. The van der Waals surface area contributed by atoms with Crippen molar-refractivity contribution in [2.24, 2.45) is 5.73 Å². The number of ether oxygens (including phenoxy) is 1. The van der Waals surface area contributed by atoms with E-state index in [4.69, 9.17) is 10.5 Å². The highest BCUT2D eigenvalue weighted by molar-refractivity contribution is 4.95. The Morgan fingerprint density at radius 2 is 1.88 bits per heavy atom. The van der Waals surface area contributed by atoms with Gasteiger partial charge in [0.2, 0.25) is 0 Å². The Labute approximate surface area is 99.5 Å². The van der Waals surface area contributed by atoms with E-state index in [1.165, 1.54) is 0 Å². The van der Waals surface area contributed by atoms with Crippen LogP contribution in [-0.2, 0) is 4.74 Å². The van der Waals surface area contributed by atoms with Gasteiger partial charge in [0.1, 0.15) is 0 Å². The number of nitrogens with one attached hydrogen (secondary N) is 1. The second kappa shape index (κ2) is 5.96. The van der Waals surface area contributed by atoms with Crippen molar-refractivity contribution in [2.45, 2.75) is 44.4 Å². The van der Waals surface area contributed by atoms with E-state index in [-0.39, 0.29) is 5.54 Å². The molecule has 1 heterocycles. The molecule has 2 atom stereocenters. The quantitative estimate of drug-likeness (QED) is 0.717. The number of hydrogen-bond donors (Lipinski definition) is 2. The largest absolute Gasteiger partial charge is 0.375 e. The van der Waals surface area contributed by atoms with Crippen LogP contribution in [0.25, 0.3) is 0 Å². The van der Waals surface area contributed by atoms with Gasteiger partial charge in [-0.2, -0.15) is 0 Å². The molecule has 0 aromatic carbocycles. The summed E-state index contributed by atoms with van der Waals surface area (Å²) >= 11 is 0. The summed E-state index contributed by atoms with van der Waals surface area (Å²) in [5.41, 5.74) is 6.02. The van der Waals surface area contributed by atoms with Crippen LogP contribution in [0.1, 0.15) is 26.7 Å². The third-order valence-electron chi connectivity index (χ3n) is 3.27. The first-order chi connectivity index (χ1) is 7.47. The third kappa shape index (κ3) is 4.01. The van der Waals surface area contributed by atoms with Crippen LogP contribution >= 0.6 is 0 Å². The van der Waals surface area contributed by atoms with E-state index in [9.17, 15) is 0 Å². The van der Waals surface area contributed by atoms with Gasteiger partial charge < -0.3 is 20.7 Å². The van der Waals surface area contributed by atoms with Crippen molar-refractivity contribution in [1.29, 1.82) is 0 Å². The van der Waals surface area contributed by atoms with Crippen molar-refractivity contribution in [3.63, 3.8) is 0 Å². The summed E-state index contributed by atoms with van der Waals surface area (Å²) in [5.74, 6) is 0. The number of likely N-dealkylation sites (N-methyl/N-ethyl adjacent to an activating group) is 1. The summed E-state index contributed by atoms with van der Waals surface area (Å²) in [5, 5.41) is 3.63. The minimum Gasteiger partial charge on any atom is -0.375 e. The maximum absolute atomic E-state index is 5.95. The number of hydrogen-bond acceptors (Lipinski definition) is 4. The van der Waals surface area contributed by atoms with Crippen LogP contribution in [0.3, 0.4) is 0 Å². The van der Waals surface area contributed by atoms with Crippen LogP contribution in [0.4, 0.5) is 0 Å². The molecule has 0 radical (unpaired) electrons. The first kappa shape index (κ1) is 13.9. The summed E-state index contributed by atoms with van der Waals surface area (Å²) in [6.45, 7) is 6.99. The third-order valence-corrected chi connectivity index (χ3v) is 3.27. The summed E-state index contributed by atoms with van der Waals surface area (Å²) < 4.78 is 5.76. The lowest BCUT2D eigenvalue weighted by atomic mass is 9.84. The van der Waals surface area contributed by atoms with E-state index in [0.29, 0.717) is 18.8 Å². The van der Waals surface area contributed by atoms with Gasteiger partial charge in [0.05, 0.1) is 12.2 Å². The molecule has 1 rings (SSSR count). The maximum Gasteiger partial charge on any atom is 0.0568 e. The molecule has 96 valence electrons. The summed E-state index contributed by atoms with van der Waals surface area (Å²) in [7, 11) is 4.18. The molecule has 0 spiro atoms. The molecule has 4 heteroatoms. The van der Waals surface area contributed by atoms with E-state index in [1.54, 1.807) is 0 Å². The van der Waals surface area contributed by atoms with E-state index >= 15 is 0 Å². The van der Waals surface area contributed by atoms with E-state index < -0.39 is 0 Å². The minimum absolute atomic E-state index is 0.0765. The van der Waals surface area contributed by atoms with Crippen molar-refractivity contribution >= 4 is 0 Å². The van der Waals surface area contributed by atoms with Crippen molar-refractivity contribution < 1.29 is 4.74 Å². The Morgan fingerprint density at radius 1 is 1.31 bits per heavy atom. The van der Waals surface area contributed by atoms with Crippen molar-refractivity contribution in [3.05, 3.63) is 0 Å². The Kier molecular flexibility index (Phi) is 5.18. The molecular weight excluding hydrogens is 202 g/mol. The number of nitrogens with zero attached hydrogens (tertiary/aromatic N) is 1. The fourth-order valence-corrected chi connectivity index (χ4v) is 2.60. The molecule has 2 unspecified atom stereocenters. The average molecular weight is 229 g/mol. The smallest absolute Gasteiger partial charge is 0.0568 e. The topological polar surface area (TPSA) is 50.5 Å². The molecule has 16 heavy (non-hydrogen) atoms. The molecule has 4 nitrogen and oxygen atoms in total. The zero-order chi connectivity index (χ0) is 12.2.